The first-order valence-corrected chi connectivity index (χ1v) is 23.5. The second-order valence-corrected chi connectivity index (χ2v) is 28.4. The molecule has 0 fully saturated rings. The average Bonchev–Trinajstić information content (AvgIpc) is 2.40. The van der Waals surface area contributed by atoms with Crippen LogP contribution in [0.25, 0.3) is 0 Å². The van der Waals surface area contributed by atoms with E-state index in [9.17, 15) is 0 Å². The van der Waals surface area contributed by atoms with Gasteiger partial charge in [0.2, 0.25) is 0 Å². The molecule has 27 heavy (non-hydrogen) atoms. The maximum Gasteiger partial charge on any atom is 0.512 e. The molecule has 162 valence electrons. The van der Waals surface area contributed by atoms with Gasteiger partial charge in [0.1, 0.15) is 0 Å². The van der Waals surface area contributed by atoms with Crippen LogP contribution >= 0.6 is 11.8 Å². The fraction of sp³-hybridized carbons (Fsp3) is 0.895. The van der Waals surface area contributed by atoms with Crippen LogP contribution in [0.1, 0.15) is 46.0 Å². The largest absolute Gasteiger partial charge is 0.512 e. The molecule has 0 N–H and O–H groups in total. The van der Waals surface area contributed by atoms with Gasteiger partial charge in [0, 0.05) is 4.53 Å². The summed E-state index contributed by atoms with van der Waals surface area (Å²) >= 11 is 1.94. The van der Waals surface area contributed by atoms with Crippen molar-refractivity contribution >= 4 is 45.5 Å². The molecule has 0 rings (SSSR count). The van der Waals surface area contributed by atoms with Crippen LogP contribution < -0.4 is 0 Å². The van der Waals surface area contributed by atoms with Crippen molar-refractivity contribution in [2.24, 2.45) is 0 Å². The molecule has 0 bridgehead atoms. The monoisotopic (exact) mass is 466 g/mol. The van der Waals surface area contributed by atoms with Crippen LogP contribution in [0.3, 0.4) is 0 Å². The minimum Gasteiger partial charge on any atom is -0.413 e. The lowest BCUT2D eigenvalue weighted by atomic mass is 10.2. The summed E-state index contributed by atoms with van der Waals surface area (Å²) in [6.45, 7) is 24.8. The summed E-state index contributed by atoms with van der Waals surface area (Å²) in [6.07, 6.45) is 8.32. The van der Waals surface area contributed by atoms with E-state index in [1.54, 1.807) is 0 Å². The highest BCUT2D eigenvalue weighted by Gasteiger charge is 2.53. The van der Waals surface area contributed by atoms with E-state index in [2.05, 4.69) is 78.8 Å². The molecule has 0 aromatic heterocycles. The number of allylic oxidation sites excluding steroid dienone is 1. The molecular formula is C19H46O3SSi4. The number of hydrogen-bond donors (Lipinski definition) is 0. The highest BCUT2D eigenvalue weighted by molar-refractivity contribution is 8.05. The first-order valence-electron chi connectivity index (χ1n) is 10.6. The van der Waals surface area contributed by atoms with Crippen LogP contribution in [-0.4, -0.2) is 39.5 Å². The van der Waals surface area contributed by atoms with E-state index in [0.29, 0.717) is 0 Å². The van der Waals surface area contributed by atoms with Gasteiger partial charge in [-0.2, -0.15) is 0 Å². The van der Waals surface area contributed by atoms with E-state index in [0.717, 1.165) is 12.2 Å². The second kappa shape index (κ2) is 11.9. The third-order valence-electron chi connectivity index (χ3n) is 3.27. The summed E-state index contributed by atoms with van der Waals surface area (Å²) in [5, 5.41) is 0. The predicted octanol–water partition coefficient (Wildman–Crippen LogP) is 7.63. The number of unbranched alkanes of at least 4 members (excludes halogenated alkanes) is 3. The van der Waals surface area contributed by atoms with Crippen LogP contribution in [0.15, 0.2) is 10.6 Å². The van der Waals surface area contributed by atoms with Gasteiger partial charge in [-0.3, -0.25) is 0 Å². The van der Waals surface area contributed by atoms with Gasteiger partial charge in [0.05, 0.1) is 0 Å². The van der Waals surface area contributed by atoms with Crippen LogP contribution in [0.4, 0.5) is 0 Å². The average molecular weight is 467 g/mol. The Morgan fingerprint density at radius 3 is 1.44 bits per heavy atom. The van der Waals surface area contributed by atoms with Crippen molar-refractivity contribution in [2.45, 2.75) is 105 Å². The number of thioether (sulfide) groups is 1. The summed E-state index contributed by atoms with van der Waals surface area (Å²) in [7, 11) is -8.47. The van der Waals surface area contributed by atoms with Crippen LogP contribution in [0, 0.1) is 0 Å². The van der Waals surface area contributed by atoms with Crippen molar-refractivity contribution in [3.05, 3.63) is 10.6 Å². The summed E-state index contributed by atoms with van der Waals surface area (Å²) in [4.78, 5) is 0. The summed E-state index contributed by atoms with van der Waals surface area (Å²) < 4.78 is 22.0. The quantitative estimate of drug-likeness (QED) is 0.194. The Morgan fingerprint density at radius 1 is 0.704 bits per heavy atom. The predicted molar refractivity (Wildman–Crippen MR) is 134 cm³/mol. The highest BCUT2D eigenvalue weighted by Crippen LogP contribution is 2.37. The Labute approximate surface area is 178 Å². The van der Waals surface area contributed by atoms with Gasteiger partial charge >= 0.3 is 8.80 Å². The van der Waals surface area contributed by atoms with Crippen molar-refractivity contribution in [1.29, 1.82) is 0 Å². The van der Waals surface area contributed by atoms with Crippen molar-refractivity contribution in [3.8, 4) is 0 Å². The van der Waals surface area contributed by atoms with Crippen molar-refractivity contribution in [3.63, 3.8) is 0 Å². The fourth-order valence-electron chi connectivity index (χ4n) is 2.46. The van der Waals surface area contributed by atoms with Gasteiger partial charge < -0.3 is 12.3 Å². The second-order valence-electron chi connectivity index (χ2n) is 10.1. The van der Waals surface area contributed by atoms with Crippen molar-refractivity contribution in [2.75, 3.05) is 5.75 Å². The van der Waals surface area contributed by atoms with Crippen molar-refractivity contribution in [1.82, 2.24) is 0 Å². The Bertz CT molecular complexity index is 411. The maximum absolute atomic E-state index is 6.91. The van der Waals surface area contributed by atoms with E-state index in [1.165, 1.54) is 30.2 Å². The molecule has 0 atom stereocenters. The summed E-state index contributed by atoms with van der Waals surface area (Å²) in [6, 6.07) is 0. The van der Waals surface area contributed by atoms with Crippen LogP contribution in [0.5, 0.6) is 0 Å². The summed E-state index contributed by atoms with van der Waals surface area (Å²) in [5.41, 5.74) is 0. The zero-order chi connectivity index (χ0) is 21.4. The molecule has 0 radical (unpaired) electrons. The lowest BCUT2D eigenvalue weighted by Crippen LogP contribution is -2.61. The molecular weight excluding hydrogens is 421 g/mol. The van der Waals surface area contributed by atoms with Gasteiger partial charge in [-0.1, -0.05) is 39.2 Å². The summed E-state index contributed by atoms with van der Waals surface area (Å²) in [5.74, 6) is 1.11. The van der Waals surface area contributed by atoms with Gasteiger partial charge in [0.15, 0.2) is 25.0 Å². The molecule has 0 aromatic carbocycles. The molecule has 3 nitrogen and oxygen atoms in total. The smallest absolute Gasteiger partial charge is 0.413 e. The first kappa shape index (κ1) is 27.8. The zero-order valence-corrected chi connectivity index (χ0v) is 24.8. The van der Waals surface area contributed by atoms with E-state index in [1.807, 2.05) is 11.8 Å². The third kappa shape index (κ3) is 13.6. The molecule has 0 saturated carbocycles. The van der Waals surface area contributed by atoms with Crippen LogP contribution in [-0.2, 0) is 12.3 Å². The highest BCUT2D eigenvalue weighted by atomic mass is 32.2. The van der Waals surface area contributed by atoms with E-state index < -0.39 is 33.8 Å². The topological polar surface area (TPSA) is 27.7 Å². The third-order valence-corrected chi connectivity index (χ3v) is 16.8. The Kier molecular flexibility index (Phi) is 12.2. The van der Waals surface area contributed by atoms with Gasteiger partial charge in [-0.15, -0.1) is 11.8 Å². The molecule has 0 heterocycles. The molecule has 0 spiro atoms. The van der Waals surface area contributed by atoms with Crippen molar-refractivity contribution < 1.29 is 12.3 Å². The first-order chi connectivity index (χ1) is 12.1. The number of hydrogen-bond acceptors (Lipinski definition) is 4. The van der Waals surface area contributed by atoms with E-state index in [4.69, 9.17) is 12.3 Å². The lowest BCUT2D eigenvalue weighted by molar-refractivity contribution is 0.269. The Balaban J connectivity index is 6.20. The SMILES string of the molecule is CCCC/C=C(\SCCCC)[Si](O[Si](C)(C)C)(O[Si](C)(C)C)O[Si](C)(C)C. The molecule has 0 aliphatic carbocycles. The zero-order valence-electron chi connectivity index (χ0n) is 20.0. The minimum absolute atomic E-state index is 1.08. The van der Waals surface area contributed by atoms with Gasteiger partial charge in [-0.05, 0) is 77.5 Å². The lowest BCUT2D eigenvalue weighted by Gasteiger charge is -2.43. The van der Waals surface area contributed by atoms with Gasteiger partial charge in [0.25, 0.3) is 0 Å². The normalized spacial score (nSPS) is 14.7. The van der Waals surface area contributed by atoms with Crippen LogP contribution in [0.2, 0.25) is 58.9 Å². The van der Waals surface area contributed by atoms with E-state index in [-0.39, 0.29) is 0 Å². The fourth-order valence-corrected chi connectivity index (χ4v) is 18.4. The molecule has 0 aliphatic heterocycles. The minimum atomic E-state index is -2.92. The van der Waals surface area contributed by atoms with E-state index >= 15 is 0 Å². The molecule has 0 aliphatic rings. The molecule has 0 aromatic rings. The maximum atomic E-state index is 6.91. The Hall–Kier alpha value is 0.838. The standard InChI is InChI=1S/C19H46O3SSi4/c1-12-14-16-17-19(23-18-15-13-2)27(20-24(3,4)5,21-25(6,7)8)22-26(9,10)11/h17H,12-16,18H2,1-11H3/b19-17+. The molecule has 8 heteroatoms. The molecule has 0 amide bonds. The molecule has 0 saturated heterocycles. The van der Waals surface area contributed by atoms with Gasteiger partial charge in [-0.25, -0.2) is 0 Å². The Morgan fingerprint density at radius 2 is 1.11 bits per heavy atom. The molecule has 0 unspecified atom stereocenters. The number of rotatable bonds is 14.